The van der Waals surface area contributed by atoms with Crippen LogP contribution in [0.5, 0.6) is 5.88 Å². The molecule has 146 valence electrons. The number of nitrogens with one attached hydrogen (secondary N) is 1. The summed E-state index contributed by atoms with van der Waals surface area (Å²) < 4.78 is 7.49. The Balaban J connectivity index is 1.49. The second-order valence-electron chi connectivity index (χ2n) is 7.03. The van der Waals surface area contributed by atoms with Gasteiger partial charge in [0.05, 0.1) is 30.8 Å². The molecule has 0 spiro atoms. The van der Waals surface area contributed by atoms with Crippen LogP contribution in [0.1, 0.15) is 31.0 Å². The van der Waals surface area contributed by atoms with Crippen molar-refractivity contribution in [3.63, 3.8) is 0 Å². The lowest BCUT2D eigenvalue weighted by atomic mass is 10.2. The van der Waals surface area contributed by atoms with Crippen molar-refractivity contribution in [2.24, 2.45) is 5.92 Å². The van der Waals surface area contributed by atoms with E-state index in [-0.39, 0.29) is 12.3 Å². The first-order chi connectivity index (χ1) is 13.6. The number of carbonyl (C=O) groups excluding carboxylic acids is 1. The molecule has 0 radical (unpaired) electrons. The predicted molar refractivity (Wildman–Crippen MR) is 106 cm³/mol. The lowest BCUT2D eigenvalue weighted by Gasteiger charge is -2.08. The van der Waals surface area contributed by atoms with E-state index in [2.05, 4.69) is 20.4 Å². The number of nitrogens with zero attached hydrogens (tertiary/aromatic N) is 4. The second kappa shape index (κ2) is 8.14. The van der Waals surface area contributed by atoms with Crippen molar-refractivity contribution >= 4 is 28.4 Å². The van der Waals surface area contributed by atoms with Crippen LogP contribution in [0.3, 0.4) is 0 Å². The number of likely N-dealkylation sites (N-methyl/N-ethyl adjacent to an activating group) is 1. The summed E-state index contributed by atoms with van der Waals surface area (Å²) in [7, 11) is 0. The van der Waals surface area contributed by atoms with Crippen molar-refractivity contribution in [1.82, 2.24) is 25.1 Å². The first kappa shape index (κ1) is 18.7. The summed E-state index contributed by atoms with van der Waals surface area (Å²) in [6, 6.07) is 3.70. The molecule has 28 heavy (non-hydrogen) atoms. The molecule has 0 aliphatic heterocycles. The summed E-state index contributed by atoms with van der Waals surface area (Å²) in [5.41, 5.74) is 2.45. The van der Waals surface area contributed by atoms with Gasteiger partial charge in [-0.1, -0.05) is 11.6 Å². The van der Waals surface area contributed by atoms with Crippen molar-refractivity contribution in [3.8, 4) is 5.88 Å². The zero-order chi connectivity index (χ0) is 19.5. The molecule has 3 heterocycles. The lowest BCUT2D eigenvalue weighted by molar-refractivity contribution is -0.120. The Hall–Kier alpha value is -2.67. The van der Waals surface area contributed by atoms with Crippen LogP contribution in [0.2, 0.25) is 5.02 Å². The van der Waals surface area contributed by atoms with E-state index in [9.17, 15) is 4.79 Å². The minimum absolute atomic E-state index is 0.0481. The topological polar surface area (TPSA) is 81.9 Å². The van der Waals surface area contributed by atoms with Crippen LogP contribution in [-0.2, 0) is 17.8 Å². The van der Waals surface area contributed by atoms with Crippen LogP contribution >= 0.6 is 11.6 Å². The smallest absolute Gasteiger partial charge is 0.232 e. The molecule has 1 saturated carbocycles. The fourth-order valence-electron chi connectivity index (χ4n) is 3.01. The highest BCUT2D eigenvalue weighted by Crippen LogP contribution is 2.31. The van der Waals surface area contributed by atoms with Crippen molar-refractivity contribution in [2.75, 3.05) is 13.2 Å². The van der Waals surface area contributed by atoms with Crippen molar-refractivity contribution in [1.29, 1.82) is 0 Å². The number of carbonyl (C=O) groups is 1. The van der Waals surface area contributed by atoms with Crippen LogP contribution in [-0.4, -0.2) is 38.8 Å². The molecule has 1 aliphatic carbocycles. The largest absolute Gasteiger partial charge is 0.476 e. The molecule has 1 N–H and O–H groups in total. The molecule has 8 heteroatoms. The van der Waals surface area contributed by atoms with Gasteiger partial charge in [-0.15, -0.1) is 0 Å². The summed E-state index contributed by atoms with van der Waals surface area (Å²) >= 11 is 6.32. The zero-order valence-corrected chi connectivity index (χ0v) is 16.4. The highest BCUT2D eigenvalue weighted by Gasteiger charge is 2.22. The summed E-state index contributed by atoms with van der Waals surface area (Å²) in [4.78, 5) is 20.6. The molecule has 0 bridgehead atoms. The summed E-state index contributed by atoms with van der Waals surface area (Å²) in [5, 5.41) is 8.76. The van der Waals surface area contributed by atoms with Gasteiger partial charge in [0.2, 0.25) is 11.8 Å². The van der Waals surface area contributed by atoms with E-state index in [4.69, 9.17) is 16.3 Å². The molecule has 7 nitrogen and oxygen atoms in total. The third-order valence-electron chi connectivity index (χ3n) is 4.63. The van der Waals surface area contributed by atoms with Crippen LogP contribution in [0.4, 0.5) is 0 Å². The standard InChI is InChI=1S/C20H22ClN5O2/c1-2-22-19(27)8-18-15-11-26(25-17(15)5-6-23-18)10-14-7-16(21)20(24-9-14)28-12-13-3-4-13/h5-7,9,11,13H,2-4,8,10,12H2,1H3,(H,22,27). The molecule has 0 aromatic carbocycles. The van der Waals surface area contributed by atoms with Crippen LogP contribution in [0, 0.1) is 5.92 Å². The molecular formula is C20H22ClN5O2. The number of ether oxygens (including phenoxy) is 1. The van der Waals surface area contributed by atoms with Gasteiger partial charge >= 0.3 is 0 Å². The predicted octanol–water partition coefficient (Wildman–Crippen LogP) is 3.00. The normalized spacial score (nSPS) is 13.6. The molecule has 1 aliphatic rings. The zero-order valence-electron chi connectivity index (χ0n) is 15.7. The maximum absolute atomic E-state index is 11.9. The Bertz CT molecular complexity index is 999. The minimum Gasteiger partial charge on any atom is -0.476 e. The average Bonchev–Trinajstić information content (AvgIpc) is 3.39. The quantitative estimate of drug-likeness (QED) is 0.629. The van der Waals surface area contributed by atoms with Crippen molar-refractivity contribution < 1.29 is 9.53 Å². The fourth-order valence-corrected chi connectivity index (χ4v) is 3.25. The van der Waals surface area contributed by atoms with Crippen molar-refractivity contribution in [3.05, 3.63) is 47.0 Å². The van der Waals surface area contributed by atoms with Gasteiger partial charge in [-0.2, -0.15) is 5.10 Å². The highest BCUT2D eigenvalue weighted by atomic mass is 35.5. The fraction of sp³-hybridized carbons (Fsp3) is 0.400. The van der Waals surface area contributed by atoms with E-state index in [1.165, 1.54) is 12.8 Å². The number of fused-ring (bicyclic) bond motifs is 1. The van der Waals surface area contributed by atoms with Crippen LogP contribution in [0.15, 0.2) is 30.7 Å². The number of hydrogen-bond donors (Lipinski definition) is 1. The molecule has 1 amide bonds. The maximum atomic E-state index is 11.9. The molecule has 4 rings (SSSR count). The molecule has 1 fully saturated rings. The Kier molecular flexibility index (Phi) is 5.43. The number of rotatable bonds is 8. The summed E-state index contributed by atoms with van der Waals surface area (Å²) in [5.74, 6) is 1.08. The third kappa shape index (κ3) is 4.42. The Morgan fingerprint density at radius 2 is 2.25 bits per heavy atom. The second-order valence-corrected chi connectivity index (χ2v) is 7.44. The number of amides is 1. The SMILES string of the molecule is CCNC(=O)Cc1nccc2nn(Cc3cnc(OCC4CC4)c(Cl)c3)cc12. The van der Waals surface area contributed by atoms with E-state index >= 15 is 0 Å². The molecule has 0 atom stereocenters. The van der Waals surface area contributed by atoms with Gasteiger partial charge in [-0.3, -0.25) is 14.5 Å². The van der Waals surface area contributed by atoms with Crippen molar-refractivity contribution in [2.45, 2.75) is 32.7 Å². The number of halogens is 1. The molecular weight excluding hydrogens is 378 g/mol. The van der Waals surface area contributed by atoms with Gasteiger partial charge in [0, 0.05) is 30.5 Å². The Labute approximate surface area is 168 Å². The van der Waals surface area contributed by atoms with Gasteiger partial charge < -0.3 is 10.1 Å². The van der Waals surface area contributed by atoms with Gasteiger partial charge in [-0.05, 0) is 43.4 Å². The van der Waals surface area contributed by atoms with E-state index in [1.807, 2.05) is 29.9 Å². The Morgan fingerprint density at radius 1 is 1.39 bits per heavy atom. The van der Waals surface area contributed by atoms with Crippen LogP contribution in [0.25, 0.3) is 10.9 Å². The number of aromatic nitrogens is 4. The molecule has 3 aromatic heterocycles. The maximum Gasteiger partial charge on any atom is 0.232 e. The Morgan fingerprint density at radius 3 is 3.00 bits per heavy atom. The molecule has 0 unspecified atom stereocenters. The molecule has 3 aromatic rings. The van der Waals surface area contributed by atoms with Gasteiger partial charge in [0.15, 0.2) is 0 Å². The van der Waals surface area contributed by atoms with Gasteiger partial charge in [0.25, 0.3) is 0 Å². The van der Waals surface area contributed by atoms with E-state index < -0.39 is 0 Å². The summed E-state index contributed by atoms with van der Waals surface area (Å²) in [6.45, 7) is 3.69. The van der Waals surface area contributed by atoms with E-state index in [1.54, 1.807) is 12.4 Å². The van der Waals surface area contributed by atoms with Gasteiger partial charge in [-0.25, -0.2) is 4.98 Å². The molecule has 0 saturated heterocycles. The minimum atomic E-state index is -0.0481. The van der Waals surface area contributed by atoms with Crippen LogP contribution < -0.4 is 10.1 Å². The highest BCUT2D eigenvalue weighted by molar-refractivity contribution is 6.31. The first-order valence-corrected chi connectivity index (χ1v) is 9.85. The third-order valence-corrected chi connectivity index (χ3v) is 4.90. The number of pyridine rings is 2. The number of hydrogen-bond acceptors (Lipinski definition) is 5. The summed E-state index contributed by atoms with van der Waals surface area (Å²) in [6.07, 6.45) is 8.02. The lowest BCUT2D eigenvalue weighted by Crippen LogP contribution is -2.24. The average molecular weight is 400 g/mol. The van der Waals surface area contributed by atoms with Gasteiger partial charge in [0.1, 0.15) is 5.02 Å². The monoisotopic (exact) mass is 399 g/mol. The van der Waals surface area contributed by atoms with E-state index in [0.717, 1.165) is 22.2 Å². The first-order valence-electron chi connectivity index (χ1n) is 9.47. The van der Waals surface area contributed by atoms with E-state index in [0.29, 0.717) is 36.5 Å².